The van der Waals surface area contributed by atoms with E-state index in [9.17, 15) is 0 Å². The summed E-state index contributed by atoms with van der Waals surface area (Å²) >= 11 is 0. The van der Waals surface area contributed by atoms with Crippen molar-refractivity contribution in [2.24, 2.45) is 11.3 Å². The summed E-state index contributed by atoms with van der Waals surface area (Å²) in [6.07, 6.45) is 7.10. The zero-order chi connectivity index (χ0) is 33.9. The number of aromatic amines is 1. The van der Waals surface area contributed by atoms with Crippen molar-refractivity contribution < 1.29 is 0 Å². The minimum atomic E-state index is 0.263. The molecule has 0 amide bonds. The van der Waals surface area contributed by atoms with Gasteiger partial charge in [0.1, 0.15) is 0 Å². The van der Waals surface area contributed by atoms with Crippen molar-refractivity contribution in [3.05, 3.63) is 155 Å². The maximum absolute atomic E-state index is 3.75. The Morgan fingerprint density at radius 1 is 0.600 bits per heavy atom. The van der Waals surface area contributed by atoms with Crippen LogP contribution < -0.4 is 0 Å². The third-order valence-corrected chi connectivity index (χ3v) is 8.15. The van der Waals surface area contributed by atoms with Gasteiger partial charge >= 0.3 is 0 Å². The third-order valence-electron chi connectivity index (χ3n) is 8.15. The van der Waals surface area contributed by atoms with E-state index in [2.05, 4.69) is 167 Å². The Hall–Kier alpha value is -4.10. The van der Waals surface area contributed by atoms with Crippen LogP contribution in [-0.4, -0.2) is 4.98 Å². The average Bonchev–Trinajstić information content (AvgIpc) is 3.36. The Morgan fingerprint density at radius 3 is 1.53 bits per heavy atom. The molecule has 3 aromatic carbocycles. The van der Waals surface area contributed by atoms with Crippen molar-refractivity contribution in [1.29, 1.82) is 0 Å². The molecule has 238 valence electrons. The summed E-state index contributed by atoms with van der Waals surface area (Å²) < 4.78 is 0. The first-order chi connectivity index (χ1) is 21.2. The van der Waals surface area contributed by atoms with Crippen LogP contribution in [0.5, 0.6) is 0 Å². The van der Waals surface area contributed by atoms with E-state index in [0.717, 1.165) is 28.4 Å². The third kappa shape index (κ3) is 10.2. The van der Waals surface area contributed by atoms with Crippen molar-refractivity contribution in [2.75, 3.05) is 0 Å². The lowest BCUT2D eigenvalue weighted by Crippen LogP contribution is -2.15. The first kappa shape index (κ1) is 37.1. The van der Waals surface area contributed by atoms with Gasteiger partial charge in [-0.1, -0.05) is 165 Å². The highest BCUT2D eigenvalue weighted by atomic mass is 14.7. The van der Waals surface area contributed by atoms with Crippen LogP contribution >= 0.6 is 0 Å². The van der Waals surface area contributed by atoms with E-state index in [-0.39, 0.29) is 11.3 Å². The summed E-state index contributed by atoms with van der Waals surface area (Å²) in [5.41, 5.74) is 13.8. The number of rotatable bonds is 8. The van der Waals surface area contributed by atoms with E-state index in [1.165, 1.54) is 38.9 Å². The molecular formula is C44H57N. The molecule has 1 nitrogen and oxygen atoms in total. The summed E-state index contributed by atoms with van der Waals surface area (Å²) in [4.78, 5) is 3.17. The van der Waals surface area contributed by atoms with E-state index < -0.39 is 0 Å². The first-order valence-electron chi connectivity index (χ1n) is 16.2. The van der Waals surface area contributed by atoms with Crippen LogP contribution in [-0.2, 0) is 0 Å². The van der Waals surface area contributed by atoms with Gasteiger partial charge in [-0.3, -0.25) is 0 Å². The second kappa shape index (κ2) is 16.8. The molecule has 0 fully saturated rings. The van der Waals surface area contributed by atoms with E-state index in [4.69, 9.17) is 0 Å². The zero-order valence-corrected chi connectivity index (χ0v) is 29.7. The fourth-order valence-electron chi connectivity index (χ4n) is 5.28. The van der Waals surface area contributed by atoms with E-state index in [0.29, 0.717) is 5.92 Å². The van der Waals surface area contributed by atoms with E-state index >= 15 is 0 Å². The van der Waals surface area contributed by atoms with Crippen LogP contribution in [0.4, 0.5) is 0 Å². The summed E-state index contributed by atoms with van der Waals surface area (Å²) in [6, 6.07) is 25.1. The highest BCUT2D eigenvalue weighted by Crippen LogP contribution is 2.38. The largest absolute Gasteiger partial charge is 0.355 e. The molecule has 0 aliphatic rings. The number of aromatic nitrogens is 1. The summed E-state index contributed by atoms with van der Waals surface area (Å²) in [6.45, 7) is 37.3. The highest BCUT2D eigenvalue weighted by molar-refractivity contribution is 5.77. The molecule has 2 atom stereocenters. The maximum Gasteiger partial charge on any atom is 0.0458 e. The van der Waals surface area contributed by atoms with Crippen molar-refractivity contribution in [2.45, 2.75) is 81.1 Å². The smallest absolute Gasteiger partial charge is 0.0458 e. The highest BCUT2D eigenvalue weighted by Gasteiger charge is 2.23. The number of hydrogen-bond acceptors (Lipinski definition) is 0. The number of hydrogen-bond donors (Lipinski definition) is 1. The van der Waals surface area contributed by atoms with Crippen LogP contribution in [0.25, 0.3) is 24.3 Å². The standard InChI is InChI=1S/C28H34.C12H13N.C4H10/c1-19-9-8-10-25(17-19)27(26-18-20(2)11-12-21(26)3)24-15-13-23(14-16-24)22(4)28(5,6)7;1-5-9-10(6-2)12(8-4)13-11(9)7-3;1-4(2)3/h8-18,22,27H,1-7H3;5-8,13H,1-4H2;4H,1-3H3. The molecule has 1 heteroatoms. The van der Waals surface area contributed by atoms with Gasteiger partial charge < -0.3 is 4.98 Å². The Kier molecular flexibility index (Phi) is 13.9. The molecule has 0 saturated heterocycles. The average molecular weight is 600 g/mol. The molecule has 0 saturated carbocycles. The number of nitrogens with one attached hydrogen (secondary N) is 1. The van der Waals surface area contributed by atoms with Crippen molar-refractivity contribution in [1.82, 2.24) is 4.98 Å². The zero-order valence-electron chi connectivity index (χ0n) is 29.7. The Balaban J connectivity index is 0.000000344. The summed E-state index contributed by atoms with van der Waals surface area (Å²) in [7, 11) is 0. The van der Waals surface area contributed by atoms with Gasteiger partial charge in [0.15, 0.2) is 0 Å². The number of benzene rings is 3. The molecule has 0 spiro atoms. The van der Waals surface area contributed by atoms with Crippen LogP contribution in [0.3, 0.4) is 0 Å². The molecule has 4 aromatic rings. The molecule has 0 radical (unpaired) electrons. The lowest BCUT2D eigenvalue weighted by atomic mass is 9.76. The van der Waals surface area contributed by atoms with Crippen molar-refractivity contribution in [3.8, 4) is 0 Å². The predicted octanol–water partition coefficient (Wildman–Crippen LogP) is 13.2. The van der Waals surface area contributed by atoms with Crippen molar-refractivity contribution in [3.63, 3.8) is 0 Å². The van der Waals surface area contributed by atoms with Gasteiger partial charge in [0.05, 0.1) is 0 Å². The molecule has 4 rings (SSSR count). The van der Waals surface area contributed by atoms with Gasteiger partial charge in [0.25, 0.3) is 0 Å². The van der Waals surface area contributed by atoms with Crippen molar-refractivity contribution >= 4 is 24.3 Å². The summed E-state index contributed by atoms with van der Waals surface area (Å²) in [5.74, 6) is 1.62. The van der Waals surface area contributed by atoms with Crippen LogP contribution in [0.1, 0.15) is 122 Å². The fourth-order valence-corrected chi connectivity index (χ4v) is 5.28. The quantitative estimate of drug-likeness (QED) is 0.194. The van der Waals surface area contributed by atoms with Gasteiger partial charge in [-0.2, -0.15) is 0 Å². The lowest BCUT2D eigenvalue weighted by Gasteiger charge is -2.28. The van der Waals surface area contributed by atoms with Gasteiger partial charge in [0, 0.05) is 28.4 Å². The van der Waals surface area contributed by atoms with E-state index in [1.807, 2.05) is 0 Å². The Labute approximate surface area is 275 Å². The first-order valence-corrected chi connectivity index (χ1v) is 16.2. The normalized spacial score (nSPS) is 12.2. The maximum atomic E-state index is 3.75. The van der Waals surface area contributed by atoms with Crippen LogP contribution in [0, 0.1) is 32.1 Å². The van der Waals surface area contributed by atoms with E-state index in [1.54, 1.807) is 24.3 Å². The van der Waals surface area contributed by atoms with Crippen LogP contribution in [0.2, 0.25) is 0 Å². The number of H-pyrrole nitrogens is 1. The molecule has 0 aliphatic carbocycles. The minimum absolute atomic E-state index is 0.263. The van der Waals surface area contributed by atoms with Gasteiger partial charge in [-0.15, -0.1) is 0 Å². The van der Waals surface area contributed by atoms with Gasteiger partial charge in [-0.05, 0) is 78.0 Å². The predicted molar refractivity (Wildman–Crippen MR) is 204 cm³/mol. The van der Waals surface area contributed by atoms with Gasteiger partial charge in [0.2, 0.25) is 0 Å². The minimum Gasteiger partial charge on any atom is -0.355 e. The Bertz CT molecular complexity index is 1530. The Morgan fingerprint density at radius 2 is 1.09 bits per heavy atom. The SMILES string of the molecule is C=Cc1[nH]c(C=C)c(C=C)c1C=C.CC(C)C.Cc1cccc(C(c2ccc(C(C)C(C)(C)C)cc2)c2cc(C)ccc2C)c1. The van der Waals surface area contributed by atoms with Crippen LogP contribution in [0.15, 0.2) is 93.0 Å². The lowest BCUT2D eigenvalue weighted by molar-refractivity contribution is 0.339. The molecular weight excluding hydrogens is 542 g/mol. The number of aryl methyl sites for hydroxylation is 3. The molecule has 1 heterocycles. The molecule has 1 N–H and O–H groups in total. The second-order valence-electron chi connectivity index (χ2n) is 13.8. The molecule has 1 aromatic heterocycles. The monoisotopic (exact) mass is 599 g/mol. The summed E-state index contributed by atoms with van der Waals surface area (Å²) in [5, 5.41) is 0. The topological polar surface area (TPSA) is 15.8 Å². The molecule has 2 unspecified atom stereocenters. The second-order valence-corrected chi connectivity index (χ2v) is 13.8. The molecule has 45 heavy (non-hydrogen) atoms. The molecule has 0 bridgehead atoms. The van der Waals surface area contributed by atoms with Gasteiger partial charge in [-0.25, -0.2) is 0 Å². The fraction of sp³-hybridized carbons (Fsp3) is 0.318. The molecule has 0 aliphatic heterocycles.